The minimum atomic E-state index is -4.45. The summed E-state index contributed by atoms with van der Waals surface area (Å²) in [6.45, 7) is 16.1. The van der Waals surface area contributed by atoms with Crippen LogP contribution in [0, 0.1) is 19.8 Å². The van der Waals surface area contributed by atoms with E-state index in [1.807, 2.05) is 20.8 Å². The number of ether oxygens (including phenoxy) is 2. The maximum absolute atomic E-state index is 14.6. The lowest BCUT2D eigenvalue weighted by atomic mass is 9.93. The summed E-state index contributed by atoms with van der Waals surface area (Å²) in [7, 11) is -4.45. The number of fused-ring (bicyclic) bond motifs is 1. The molecule has 4 rings (SSSR count). The number of rotatable bonds is 12. The van der Waals surface area contributed by atoms with Gasteiger partial charge in [0.25, 0.3) is 15.9 Å². The van der Waals surface area contributed by atoms with Gasteiger partial charge in [0, 0.05) is 11.6 Å². The summed E-state index contributed by atoms with van der Waals surface area (Å²) < 4.78 is 41.6. The van der Waals surface area contributed by atoms with Crippen LogP contribution in [0.4, 0.5) is 11.4 Å². The molecule has 0 aromatic heterocycles. The molecule has 280 valence electrons. The first-order valence-electron chi connectivity index (χ1n) is 17.3. The number of anilines is 2. The highest BCUT2D eigenvalue weighted by Crippen LogP contribution is 2.42. The fourth-order valence-corrected chi connectivity index (χ4v) is 8.56. The number of amides is 2. The van der Waals surface area contributed by atoms with E-state index in [1.165, 1.54) is 6.07 Å². The summed E-state index contributed by atoms with van der Waals surface area (Å²) in [6.07, 6.45) is 0.986. The Labute approximate surface area is 306 Å². The summed E-state index contributed by atoms with van der Waals surface area (Å²) in [6, 6.07) is 7.84. The van der Waals surface area contributed by atoms with Crippen LogP contribution in [-0.4, -0.2) is 87.0 Å². The fourth-order valence-electron chi connectivity index (χ4n) is 6.43. The molecule has 2 aliphatic rings. The SMILES string of the molecule is Cc1cc(S(=O)(=O)N2c3ccccc3N(C(C=O)OC(C)(C)C)C(=O)[C@H]2CC(=O)NCCC2CCN(CC(=O)OC(C)(C)C)CC2)c(C)cc1Cl. The minimum absolute atomic E-state index is 0.0539. The van der Waals surface area contributed by atoms with Crippen LogP contribution in [0.2, 0.25) is 5.02 Å². The van der Waals surface area contributed by atoms with Crippen LogP contribution < -0.4 is 14.5 Å². The first-order chi connectivity index (χ1) is 23.7. The predicted octanol–water partition coefficient (Wildman–Crippen LogP) is 5.16. The topological polar surface area (TPSA) is 143 Å². The van der Waals surface area contributed by atoms with E-state index >= 15 is 0 Å². The van der Waals surface area contributed by atoms with Crippen molar-refractivity contribution < 1.29 is 37.1 Å². The van der Waals surface area contributed by atoms with E-state index in [1.54, 1.807) is 65.0 Å². The van der Waals surface area contributed by atoms with Crippen molar-refractivity contribution in [1.29, 1.82) is 0 Å². The summed E-state index contributed by atoms with van der Waals surface area (Å²) in [5.74, 6) is -1.23. The van der Waals surface area contributed by atoms with Gasteiger partial charge in [-0.05, 0) is 129 Å². The number of nitrogens with zero attached hydrogens (tertiary/aromatic N) is 3. The number of sulfonamides is 1. The number of benzene rings is 2. The van der Waals surface area contributed by atoms with E-state index in [4.69, 9.17) is 21.1 Å². The third kappa shape index (κ3) is 10.1. The molecule has 2 atom stereocenters. The third-order valence-corrected chi connectivity index (χ3v) is 11.1. The van der Waals surface area contributed by atoms with Crippen LogP contribution in [0.5, 0.6) is 0 Å². The monoisotopic (exact) mass is 746 g/mol. The standard InChI is InChI=1S/C37H51ClN4O8S/c1-24-20-31(25(2)19-27(24)38)51(47,48)42-29-12-10-9-11-28(29)41(33(23-43)49-36(3,4)5)35(46)30(42)21-32(44)39-16-13-26-14-17-40(18-15-26)22-34(45)50-37(6,7)8/h9-12,19-20,23,26,30,33H,13-18,21-22H2,1-8H3,(H,39,44)/t30-,33?/m1/s1. The third-order valence-electron chi connectivity index (χ3n) is 8.76. The van der Waals surface area contributed by atoms with Crippen molar-refractivity contribution in [3.05, 3.63) is 52.5 Å². The number of nitrogens with one attached hydrogen (secondary N) is 1. The Balaban J connectivity index is 1.56. The molecule has 2 amide bonds. The summed E-state index contributed by atoms with van der Waals surface area (Å²) in [5, 5.41) is 3.28. The Morgan fingerprint density at radius 3 is 2.22 bits per heavy atom. The molecule has 1 fully saturated rings. The predicted molar refractivity (Wildman–Crippen MR) is 196 cm³/mol. The average Bonchev–Trinajstić information content (AvgIpc) is 3.01. The molecule has 1 saturated heterocycles. The second kappa shape index (κ2) is 16.0. The minimum Gasteiger partial charge on any atom is -0.459 e. The number of aldehydes is 1. The maximum atomic E-state index is 14.6. The van der Waals surface area contributed by atoms with Gasteiger partial charge in [0.05, 0.1) is 34.8 Å². The van der Waals surface area contributed by atoms with Crippen LogP contribution in [0.1, 0.15) is 78.4 Å². The highest BCUT2D eigenvalue weighted by molar-refractivity contribution is 7.93. The maximum Gasteiger partial charge on any atom is 0.320 e. The van der Waals surface area contributed by atoms with Gasteiger partial charge in [-0.1, -0.05) is 23.7 Å². The van der Waals surface area contributed by atoms with Crippen molar-refractivity contribution in [2.24, 2.45) is 5.92 Å². The van der Waals surface area contributed by atoms with Gasteiger partial charge in [0.15, 0.2) is 12.5 Å². The largest absolute Gasteiger partial charge is 0.459 e. The zero-order valence-electron chi connectivity index (χ0n) is 30.8. The van der Waals surface area contributed by atoms with E-state index in [0.717, 1.165) is 35.1 Å². The molecule has 2 heterocycles. The number of hydrogen-bond donors (Lipinski definition) is 1. The second-order valence-corrected chi connectivity index (χ2v) is 17.5. The van der Waals surface area contributed by atoms with Crippen molar-refractivity contribution in [1.82, 2.24) is 10.2 Å². The van der Waals surface area contributed by atoms with Gasteiger partial charge in [0.1, 0.15) is 11.6 Å². The Bertz CT molecular complexity index is 1730. The number of esters is 1. The van der Waals surface area contributed by atoms with Gasteiger partial charge in [-0.3, -0.25) is 33.3 Å². The fraction of sp³-hybridized carbons (Fsp3) is 0.568. The molecule has 0 saturated carbocycles. The summed E-state index contributed by atoms with van der Waals surface area (Å²) >= 11 is 6.31. The molecule has 0 aliphatic carbocycles. The Kier molecular flexibility index (Phi) is 12.6. The molecular weight excluding hydrogens is 696 g/mol. The summed E-state index contributed by atoms with van der Waals surface area (Å²) in [5.41, 5.74) is -0.178. The zero-order valence-corrected chi connectivity index (χ0v) is 32.4. The lowest BCUT2D eigenvalue weighted by molar-refractivity contribution is -0.156. The molecule has 2 aromatic rings. The quantitative estimate of drug-likeness (QED) is 0.230. The smallest absolute Gasteiger partial charge is 0.320 e. The molecule has 0 radical (unpaired) electrons. The number of para-hydroxylation sites is 2. The number of aryl methyl sites for hydroxylation is 2. The van der Waals surface area contributed by atoms with Crippen LogP contribution >= 0.6 is 11.6 Å². The highest BCUT2D eigenvalue weighted by atomic mass is 35.5. The van der Waals surface area contributed by atoms with E-state index in [2.05, 4.69) is 10.2 Å². The van der Waals surface area contributed by atoms with Crippen LogP contribution in [0.3, 0.4) is 0 Å². The molecule has 0 bridgehead atoms. The number of likely N-dealkylation sites (tertiary alicyclic amines) is 1. The van der Waals surface area contributed by atoms with Gasteiger partial charge < -0.3 is 14.8 Å². The van der Waals surface area contributed by atoms with Crippen molar-refractivity contribution >= 4 is 57.1 Å². The molecule has 14 heteroatoms. The lowest BCUT2D eigenvalue weighted by Gasteiger charge is -2.44. The van der Waals surface area contributed by atoms with Gasteiger partial charge in [-0.2, -0.15) is 0 Å². The lowest BCUT2D eigenvalue weighted by Crippen LogP contribution is -2.60. The molecule has 51 heavy (non-hydrogen) atoms. The molecule has 2 aromatic carbocycles. The molecule has 1 unspecified atom stereocenters. The van der Waals surface area contributed by atoms with Gasteiger partial charge >= 0.3 is 5.97 Å². The zero-order chi connectivity index (χ0) is 37.9. The van der Waals surface area contributed by atoms with E-state index in [-0.39, 0.29) is 28.8 Å². The number of carbonyl (C=O) groups is 4. The van der Waals surface area contributed by atoms with Crippen LogP contribution in [0.15, 0.2) is 41.3 Å². The molecule has 12 nitrogen and oxygen atoms in total. The van der Waals surface area contributed by atoms with Crippen LogP contribution in [0.25, 0.3) is 0 Å². The number of hydrogen-bond acceptors (Lipinski definition) is 9. The second-order valence-electron chi connectivity index (χ2n) is 15.3. The Morgan fingerprint density at radius 2 is 1.63 bits per heavy atom. The van der Waals surface area contributed by atoms with E-state index < -0.39 is 51.7 Å². The first kappa shape index (κ1) is 40.3. The van der Waals surface area contributed by atoms with Crippen molar-refractivity contribution in [3.63, 3.8) is 0 Å². The Hall–Kier alpha value is -3.52. The van der Waals surface area contributed by atoms with E-state index in [9.17, 15) is 27.6 Å². The number of piperidine rings is 1. The normalized spacial score (nSPS) is 18.3. The molecule has 0 spiro atoms. The van der Waals surface area contributed by atoms with Gasteiger partial charge in [-0.15, -0.1) is 0 Å². The molecular formula is C37H51ClN4O8S. The number of halogens is 1. The van der Waals surface area contributed by atoms with Crippen molar-refractivity contribution in [2.45, 2.75) is 109 Å². The van der Waals surface area contributed by atoms with E-state index in [0.29, 0.717) is 41.3 Å². The Morgan fingerprint density at radius 1 is 1.00 bits per heavy atom. The van der Waals surface area contributed by atoms with Crippen molar-refractivity contribution in [2.75, 3.05) is 35.4 Å². The van der Waals surface area contributed by atoms with Crippen LogP contribution in [-0.2, 0) is 38.7 Å². The summed E-state index contributed by atoms with van der Waals surface area (Å²) in [4.78, 5) is 55.9. The first-order valence-corrected chi connectivity index (χ1v) is 19.1. The van der Waals surface area contributed by atoms with Crippen molar-refractivity contribution in [3.8, 4) is 0 Å². The molecule has 2 aliphatic heterocycles. The average molecular weight is 747 g/mol. The van der Waals surface area contributed by atoms with Gasteiger partial charge in [-0.25, -0.2) is 8.42 Å². The van der Waals surface area contributed by atoms with Gasteiger partial charge in [0.2, 0.25) is 5.91 Å². The molecule has 1 N–H and O–H groups in total. The highest BCUT2D eigenvalue weighted by Gasteiger charge is 2.48. The number of carbonyl (C=O) groups excluding carboxylic acids is 4.